The molecule has 0 radical (unpaired) electrons. The highest BCUT2D eigenvalue weighted by Crippen LogP contribution is 2.36. The standard InChI is InChI=1S/C19H31N3O/c1-15(2)13-21-18(20-4)22-14-19(9-11-23-12-10-19)17-8-6-5-7-16(17)3/h5-8,15H,9-14H2,1-4H3,(H2,20,21,22). The zero-order valence-electron chi connectivity index (χ0n) is 15.0. The Bertz CT molecular complexity index is 519. The van der Waals surface area contributed by atoms with Gasteiger partial charge in [-0.3, -0.25) is 4.99 Å². The minimum Gasteiger partial charge on any atom is -0.381 e. The summed E-state index contributed by atoms with van der Waals surface area (Å²) in [5.41, 5.74) is 2.93. The Hall–Kier alpha value is -1.55. The second-order valence-corrected chi connectivity index (χ2v) is 6.91. The number of hydrogen-bond donors (Lipinski definition) is 2. The summed E-state index contributed by atoms with van der Waals surface area (Å²) in [6, 6.07) is 8.73. The fraction of sp³-hybridized carbons (Fsp3) is 0.632. The Morgan fingerprint density at radius 3 is 2.52 bits per heavy atom. The molecule has 1 aromatic rings. The van der Waals surface area contributed by atoms with Crippen molar-refractivity contribution in [2.75, 3.05) is 33.4 Å². The van der Waals surface area contributed by atoms with Crippen LogP contribution in [0, 0.1) is 12.8 Å². The Labute approximate surface area is 140 Å². The van der Waals surface area contributed by atoms with Crippen LogP contribution >= 0.6 is 0 Å². The Morgan fingerprint density at radius 2 is 1.91 bits per heavy atom. The lowest BCUT2D eigenvalue weighted by molar-refractivity contribution is 0.0512. The lowest BCUT2D eigenvalue weighted by Crippen LogP contribution is -2.48. The molecule has 1 aromatic carbocycles. The molecule has 128 valence electrons. The maximum Gasteiger partial charge on any atom is 0.191 e. The first-order valence-corrected chi connectivity index (χ1v) is 8.66. The summed E-state index contributed by atoms with van der Waals surface area (Å²) in [5, 5.41) is 6.94. The van der Waals surface area contributed by atoms with Crippen LogP contribution in [0.2, 0.25) is 0 Å². The number of nitrogens with zero attached hydrogens (tertiary/aromatic N) is 1. The molecular formula is C19H31N3O. The number of hydrogen-bond acceptors (Lipinski definition) is 2. The van der Waals surface area contributed by atoms with E-state index in [1.807, 2.05) is 7.05 Å². The molecule has 0 bridgehead atoms. The smallest absolute Gasteiger partial charge is 0.191 e. The van der Waals surface area contributed by atoms with E-state index in [4.69, 9.17) is 4.74 Å². The van der Waals surface area contributed by atoms with Crippen LogP contribution in [-0.4, -0.2) is 39.3 Å². The number of aryl methyl sites for hydroxylation is 1. The lowest BCUT2D eigenvalue weighted by Gasteiger charge is -2.39. The van der Waals surface area contributed by atoms with Crippen LogP contribution in [0.3, 0.4) is 0 Å². The number of aliphatic imine (C=N–C) groups is 1. The van der Waals surface area contributed by atoms with E-state index >= 15 is 0 Å². The third-order valence-electron chi connectivity index (χ3n) is 4.66. The van der Waals surface area contributed by atoms with Gasteiger partial charge in [0.2, 0.25) is 0 Å². The molecule has 0 aromatic heterocycles. The molecule has 0 aliphatic carbocycles. The summed E-state index contributed by atoms with van der Waals surface area (Å²) in [5.74, 6) is 1.49. The van der Waals surface area contributed by atoms with Gasteiger partial charge in [0.15, 0.2) is 5.96 Å². The molecule has 0 unspecified atom stereocenters. The summed E-state index contributed by atoms with van der Waals surface area (Å²) >= 11 is 0. The van der Waals surface area contributed by atoms with E-state index < -0.39 is 0 Å². The number of ether oxygens (including phenoxy) is 1. The molecule has 1 fully saturated rings. The fourth-order valence-electron chi connectivity index (χ4n) is 3.25. The summed E-state index contributed by atoms with van der Waals surface area (Å²) in [7, 11) is 1.83. The number of nitrogens with one attached hydrogen (secondary N) is 2. The van der Waals surface area contributed by atoms with E-state index in [-0.39, 0.29) is 5.41 Å². The summed E-state index contributed by atoms with van der Waals surface area (Å²) < 4.78 is 5.62. The molecule has 23 heavy (non-hydrogen) atoms. The van der Waals surface area contributed by atoms with Gasteiger partial charge in [0.05, 0.1) is 0 Å². The van der Waals surface area contributed by atoms with Crippen LogP contribution in [-0.2, 0) is 10.2 Å². The third-order valence-corrected chi connectivity index (χ3v) is 4.66. The predicted molar refractivity (Wildman–Crippen MR) is 97.1 cm³/mol. The lowest BCUT2D eigenvalue weighted by atomic mass is 9.72. The first-order valence-electron chi connectivity index (χ1n) is 8.66. The first kappa shape index (κ1) is 17.8. The second kappa shape index (κ2) is 8.34. The van der Waals surface area contributed by atoms with E-state index in [9.17, 15) is 0 Å². The summed E-state index contributed by atoms with van der Waals surface area (Å²) in [4.78, 5) is 4.35. The molecule has 1 saturated heterocycles. The predicted octanol–water partition coefficient (Wildman–Crippen LogP) is 2.86. The maximum atomic E-state index is 5.62. The SMILES string of the molecule is CN=C(NCC(C)C)NCC1(c2ccccc2C)CCOCC1. The molecule has 4 heteroatoms. The van der Waals surface area contributed by atoms with Gasteiger partial charge in [-0.15, -0.1) is 0 Å². The van der Waals surface area contributed by atoms with E-state index in [1.54, 1.807) is 0 Å². The van der Waals surface area contributed by atoms with Crippen molar-refractivity contribution in [1.82, 2.24) is 10.6 Å². The van der Waals surface area contributed by atoms with Crippen molar-refractivity contribution in [1.29, 1.82) is 0 Å². The van der Waals surface area contributed by atoms with Gasteiger partial charge in [-0.2, -0.15) is 0 Å². The van der Waals surface area contributed by atoms with Crippen molar-refractivity contribution in [2.24, 2.45) is 10.9 Å². The average molecular weight is 317 g/mol. The van der Waals surface area contributed by atoms with Gasteiger partial charge < -0.3 is 15.4 Å². The molecule has 1 aliphatic heterocycles. The molecular weight excluding hydrogens is 286 g/mol. The molecule has 0 atom stereocenters. The topological polar surface area (TPSA) is 45.7 Å². The van der Waals surface area contributed by atoms with Crippen molar-refractivity contribution in [3.05, 3.63) is 35.4 Å². The zero-order valence-corrected chi connectivity index (χ0v) is 15.0. The number of guanidine groups is 1. The highest BCUT2D eigenvalue weighted by Gasteiger charge is 2.35. The van der Waals surface area contributed by atoms with Crippen LogP contribution in [0.4, 0.5) is 0 Å². The van der Waals surface area contributed by atoms with E-state index in [2.05, 4.69) is 60.7 Å². The first-order chi connectivity index (χ1) is 11.1. The van der Waals surface area contributed by atoms with Gasteiger partial charge in [0.1, 0.15) is 0 Å². The van der Waals surface area contributed by atoms with Crippen molar-refractivity contribution in [2.45, 2.75) is 39.0 Å². The number of benzene rings is 1. The van der Waals surface area contributed by atoms with Crippen molar-refractivity contribution in [3.63, 3.8) is 0 Å². The van der Waals surface area contributed by atoms with Crippen LogP contribution in [0.15, 0.2) is 29.3 Å². The van der Waals surface area contributed by atoms with Crippen molar-refractivity contribution >= 4 is 5.96 Å². The van der Waals surface area contributed by atoms with E-state index in [0.717, 1.165) is 45.1 Å². The Kier molecular flexibility index (Phi) is 6.46. The highest BCUT2D eigenvalue weighted by atomic mass is 16.5. The molecule has 1 aliphatic rings. The van der Waals surface area contributed by atoms with E-state index in [0.29, 0.717) is 5.92 Å². The summed E-state index contributed by atoms with van der Waals surface area (Å²) in [6.07, 6.45) is 2.10. The maximum absolute atomic E-state index is 5.62. The average Bonchev–Trinajstić information content (AvgIpc) is 2.56. The fourth-order valence-corrected chi connectivity index (χ4v) is 3.25. The number of rotatable bonds is 5. The van der Waals surface area contributed by atoms with Gasteiger partial charge >= 0.3 is 0 Å². The van der Waals surface area contributed by atoms with E-state index in [1.165, 1.54) is 11.1 Å². The normalized spacial score (nSPS) is 18.0. The van der Waals surface area contributed by atoms with Gasteiger partial charge in [0, 0.05) is 38.8 Å². The molecule has 1 heterocycles. The van der Waals surface area contributed by atoms with Crippen molar-refractivity contribution in [3.8, 4) is 0 Å². The Balaban J connectivity index is 2.12. The van der Waals surface area contributed by atoms with Crippen LogP contribution in [0.25, 0.3) is 0 Å². The summed E-state index contributed by atoms with van der Waals surface area (Å²) in [6.45, 7) is 10.1. The second-order valence-electron chi connectivity index (χ2n) is 6.91. The monoisotopic (exact) mass is 317 g/mol. The largest absolute Gasteiger partial charge is 0.381 e. The van der Waals surface area contributed by atoms with Gasteiger partial charge in [0.25, 0.3) is 0 Å². The van der Waals surface area contributed by atoms with Crippen LogP contribution in [0.5, 0.6) is 0 Å². The van der Waals surface area contributed by atoms with Crippen LogP contribution in [0.1, 0.15) is 37.8 Å². The molecule has 4 nitrogen and oxygen atoms in total. The van der Waals surface area contributed by atoms with Gasteiger partial charge in [-0.1, -0.05) is 38.1 Å². The molecule has 0 spiro atoms. The molecule has 2 N–H and O–H groups in total. The molecule has 2 rings (SSSR count). The molecule has 0 saturated carbocycles. The zero-order chi connectivity index (χ0) is 16.7. The molecule has 0 amide bonds. The van der Waals surface area contributed by atoms with Gasteiger partial charge in [-0.05, 0) is 36.8 Å². The highest BCUT2D eigenvalue weighted by molar-refractivity contribution is 5.79. The Morgan fingerprint density at radius 1 is 1.22 bits per heavy atom. The van der Waals surface area contributed by atoms with Crippen molar-refractivity contribution < 1.29 is 4.74 Å². The minimum absolute atomic E-state index is 0.124. The minimum atomic E-state index is 0.124. The van der Waals surface area contributed by atoms with Gasteiger partial charge in [-0.25, -0.2) is 0 Å². The van der Waals surface area contributed by atoms with Crippen LogP contribution < -0.4 is 10.6 Å². The quantitative estimate of drug-likeness (QED) is 0.648. The third kappa shape index (κ3) is 4.71.